The number of rotatable bonds is 6. The van der Waals surface area contributed by atoms with Gasteiger partial charge in [-0.3, -0.25) is 14.7 Å². The topological polar surface area (TPSA) is 113 Å². The van der Waals surface area contributed by atoms with Crippen molar-refractivity contribution in [3.63, 3.8) is 0 Å². The van der Waals surface area contributed by atoms with Crippen LogP contribution in [0.1, 0.15) is 19.4 Å². The van der Waals surface area contributed by atoms with Crippen molar-refractivity contribution in [1.29, 1.82) is 0 Å². The van der Waals surface area contributed by atoms with E-state index in [1.807, 2.05) is 13.8 Å². The Kier molecular flexibility index (Phi) is 5.31. The lowest BCUT2D eigenvalue weighted by molar-refractivity contribution is -0.127. The van der Waals surface area contributed by atoms with E-state index >= 15 is 0 Å². The maximum Gasteiger partial charge on any atom is 0.239 e. The summed E-state index contributed by atoms with van der Waals surface area (Å²) < 4.78 is 0. The van der Waals surface area contributed by atoms with Crippen LogP contribution in [-0.2, 0) is 16.1 Å². The Morgan fingerprint density at radius 1 is 1.44 bits per heavy atom. The van der Waals surface area contributed by atoms with Gasteiger partial charge in [-0.25, -0.2) is 0 Å². The second-order valence-corrected chi connectivity index (χ2v) is 4.37. The third kappa shape index (κ3) is 4.54. The van der Waals surface area contributed by atoms with Gasteiger partial charge in [-0.2, -0.15) is 5.10 Å². The maximum absolute atomic E-state index is 11.5. The van der Waals surface area contributed by atoms with Crippen molar-refractivity contribution in [2.45, 2.75) is 26.4 Å². The van der Waals surface area contributed by atoms with Crippen LogP contribution in [-0.4, -0.2) is 34.6 Å². The van der Waals surface area contributed by atoms with Crippen LogP contribution in [0.25, 0.3) is 0 Å². The minimum Gasteiger partial charge on any atom is -0.350 e. The van der Waals surface area contributed by atoms with Crippen LogP contribution in [0.15, 0.2) is 12.4 Å². The molecule has 0 bridgehead atoms. The van der Waals surface area contributed by atoms with E-state index in [9.17, 15) is 9.59 Å². The molecule has 0 spiro atoms. The van der Waals surface area contributed by atoms with Crippen LogP contribution in [0, 0.1) is 5.92 Å². The molecule has 1 aromatic heterocycles. The van der Waals surface area contributed by atoms with Gasteiger partial charge in [-0.1, -0.05) is 13.8 Å². The molecule has 1 atom stereocenters. The average molecular weight is 253 g/mol. The number of aromatic nitrogens is 2. The first-order valence-electron chi connectivity index (χ1n) is 5.78. The van der Waals surface area contributed by atoms with Gasteiger partial charge in [0.25, 0.3) is 0 Å². The maximum atomic E-state index is 11.5. The summed E-state index contributed by atoms with van der Waals surface area (Å²) in [4.78, 5) is 22.9. The predicted octanol–water partition coefficient (Wildman–Crippen LogP) is -0.875. The molecule has 100 valence electrons. The fraction of sp³-hybridized carbons (Fsp3) is 0.545. The molecule has 0 fully saturated rings. The van der Waals surface area contributed by atoms with E-state index in [4.69, 9.17) is 5.73 Å². The number of hydrogen-bond donors (Lipinski definition) is 4. The first kappa shape index (κ1) is 14.2. The van der Waals surface area contributed by atoms with E-state index in [1.165, 1.54) is 0 Å². The van der Waals surface area contributed by atoms with Gasteiger partial charge in [0.05, 0.1) is 18.8 Å². The van der Waals surface area contributed by atoms with E-state index in [2.05, 4.69) is 20.8 Å². The number of carbonyl (C=O) groups is 2. The molecule has 2 amide bonds. The Labute approximate surface area is 106 Å². The lowest BCUT2D eigenvalue weighted by Gasteiger charge is -2.15. The van der Waals surface area contributed by atoms with E-state index < -0.39 is 6.04 Å². The van der Waals surface area contributed by atoms with Gasteiger partial charge < -0.3 is 16.4 Å². The third-order valence-electron chi connectivity index (χ3n) is 2.49. The fourth-order valence-corrected chi connectivity index (χ4v) is 1.23. The molecule has 0 aliphatic heterocycles. The Bertz CT molecular complexity index is 388. The van der Waals surface area contributed by atoms with E-state index in [0.717, 1.165) is 5.56 Å². The van der Waals surface area contributed by atoms with Crippen molar-refractivity contribution in [2.75, 3.05) is 6.54 Å². The van der Waals surface area contributed by atoms with E-state index in [1.54, 1.807) is 12.4 Å². The van der Waals surface area contributed by atoms with Gasteiger partial charge in [-0.15, -0.1) is 0 Å². The minimum atomic E-state index is -0.591. The van der Waals surface area contributed by atoms with Crippen molar-refractivity contribution in [3.8, 4) is 0 Å². The predicted molar refractivity (Wildman–Crippen MR) is 66.3 cm³/mol. The van der Waals surface area contributed by atoms with Crippen LogP contribution < -0.4 is 16.4 Å². The van der Waals surface area contributed by atoms with E-state index in [-0.39, 0.29) is 24.3 Å². The summed E-state index contributed by atoms with van der Waals surface area (Å²) in [6.07, 6.45) is 3.31. The molecule has 1 rings (SSSR count). The Morgan fingerprint density at radius 2 is 2.17 bits per heavy atom. The number of nitrogens with two attached hydrogens (primary N) is 1. The smallest absolute Gasteiger partial charge is 0.239 e. The molecule has 0 unspecified atom stereocenters. The van der Waals surface area contributed by atoms with E-state index in [0.29, 0.717) is 6.54 Å². The highest BCUT2D eigenvalue weighted by Crippen LogP contribution is 1.97. The van der Waals surface area contributed by atoms with Crippen LogP contribution in [0.2, 0.25) is 0 Å². The lowest BCUT2D eigenvalue weighted by Crippen LogP contribution is -2.47. The van der Waals surface area contributed by atoms with Crippen LogP contribution in [0.3, 0.4) is 0 Å². The Hall–Kier alpha value is -1.89. The number of amides is 2. The average Bonchev–Trinajstić information content (AvgIpc) is 2.85. The summed E-state index contributed by atoms with van der Waals surface area (Å²) in [5.41, 5.74) is 6.51. The van der Waals surface area contributed by atoms with Crippen molar-refractivity contribution in [3.05, 3.63) is 18.0 Å². The van der Waals surface area contributed by atoms with Crippen molar-refractivity contribution >= 4 is 11.8 Å². The standard InChI is InChI=1S/C11H19N5O2/c1-7(2)10(12)11(18)14-6-9(17)13-3-8-4-15-16-5-8/h4-5,7,10H,3,6,12H2,1-2H3,(H,13,17)(H,14,18)(H,15,16)/t10-/m0/s1. The van der Waals surface area contributed by atoms with Gasteiger partial charge >= 0.3 is 0 Å². The SMILES string of the molecule is CC(C)[C@H](N)C(=O)NCC(=O)NCc1cn[nH]c1. The zero-order valence-electron chi connectivity index (χ0n) is 10.6. The summed E-state index contributed by atoms with van der Waals surface area (Å²) >= 11 is 0. The van der Waals surface area contributed by atoms with Gasteiger partial charge in [0.15, 0.2) is 0 Å². The molecule has 1 heterocycles. The highest BCUT2D eigenvalue weighted by atomic mass is 16.2. The number of aromatic amines is 1. The molecule has 18 heavy (non-hydrogen) atoms. The molecule has 0 saturated carbocycles. The second kappa shape index (κ2) is 6.75. The van der Waals surface area contributed by atoms with Crippen LogP contribution in [0.4, 0.5) is 0 Å². The van der Waals surface area contributed by atoms with Gasteiger partial charge in [0.2, 0.25) is 11.8 Å². The molecule has 7 heteroatoms. The molecule has 0 radical (unpaired) electrons. The number of H-pyrrole nitrogens is 1. The molecule has 0 aliphatic carbocycles. The molecule has 0 aliphatic rings. The normalized spacial score (nSPS) is 12.2. The molecule has 0 saturated heterocycles. The lowest BCUT2D eigenvalue weighted by atomic mass is 10.1. The molecule has 1 aromatic rings. The van der Waals surface area contributed by atoms with Gasteiger partial charge in [-0.05, 0) is 5.92 Å². The van der Waals surface area contributed by atoms with Crippen molar-refractivity contribution in [1.82, 2.24) is 20.8 Å². The Balaban J connectivity index is 2.23. The van der Waals surface area contributed by atoms with Gasteiger partial charge in [0.1, 0.15) is 0 Å². The molecule has 0 aromatic carbocycles. The highest BCUT2D eigenvalue weighted by Gasteiger charge is 2.17. The molecule has 7 nitrogen and oxygen atoms in total. The zero-order valence-corrected chi connectivity index (χ0v) is 10.6. The summed E-state index contributed by atoms with van der Waals surface area (Å²) in [5, 5.41) is 11.5. The zero-order chi connectivity index (χ0) is 13.5. The molecular formula is C11H19N5O2. The number of carbonyl (C=O) groups excluding carboxylic acids is 2. The summed E-state index contributed by atoms with van der Waals surface area (Å²) in [6, 6.07) is -0.591. The van der Waals surface area contributed by atoms with Crippen molar-refractivity contribution < 1.29 is 9.59 Å². The number of nitrogens with one attached hydrogen (secondary N) is 3. The minimum absolute atomic E-state index is 0.0407. The summed E-state index contributed by atoms with van der Waals surface area (Å²) in [7, 11) is 0. The number of nitrogens with zero attached hydrogens (tertiary/aromatic N) is 1. The first-order chi connectivity index (χ1) is 8.50. The van der Waals surface area contributed by atoms with Crippen LogP contribution in [0.5, 0.6) is 0 Å². The summed E-state index contributed by atoms with van der Waals surface area (Å²) in [5.74, 6) is -0.539. The molecular weight excluding hydrogens is 234 g/mol. The quantitative estimate of drug-likeness (QED) is 0.527. The molecule has 5 N–H and O–H groups in total. The van der Waals surface area contributed by atoms with Crippen LogP contribution >= 0.6 is 0 Å². The number of hydrogen-bond acceptors (Lipinski definition) is 4. The summed E-state index contributed by atoms with van der Waals surface area (Å²) in [6.45, 7) is 4.00. The first-order valence-corrected chi connectivity index (χ1v) is 5.78. The Morgan fingerprint density at radius 3 is 2.72 bits per heavy atom. The largest absolute Gasteiger partial charge is 0.350 e. The second-order valence-electron chi connectivity index (χ2n) is 4.37. The van der Waals surface area contributed by atoms with Gasteiger partial charge in [0, 0.05) is 18.3 Å². The van der Waals surface area contributed by atoms with Crippen molar-refractivity contribution in [2.24, 2.45) is 11.7 Å². The monoisotopic (exact) mass is 253 g/mol. The fourth-order valence-electron chi connectivity index (χ4n) is 1.23. The third-order valence-corrected chi connectivity index (χ3v) is 2.49. The highest BCUT2D eigenvalue weighted by molar-refractivity contribution is 5.87.